The SMILES string of the molecule is CCC1(CC)NC(=O)N(CC(=O)NCCCN2CCCCCC2)C1=O. The summed E-state index contributed by atoms with van der Waals surface area (Å²) in [5.74, 6) is -0.565. The van der Waals surface area contributed by atoms with Gasteiger partial charge in [-0.25, -0.2) is 4.79 Å². The molecule has 2 fully saturated rings. The number of likely N-dealkylation sites (tertiary alicyclic amines) is 1. The van der Waals surface area contributed by atoms with Gasteiger partial charge in [-0.3, -0.25) is 14.5 Å². The summed E-state index contributed by atoms with van der Waals surface area (Å²) in [4.78, 5) is 40.1. The maximum absolute atomic E-state index is 12.5. The van der Waals surface area contributed by atoms with Crippen LogP contribution in [0.25, 0.3) is 0 Å². The molecule has 2 aliphatic rings. The van der Waals surface area contributed by atoms with Crippen LogP contribution in [0.2, 0.25) is 0 Å². The molecule has 142 valence electrons. The van der Waals surface area contributed by atoms with E-state index in [0.29, 0.717) is 19.4 Å². The van der Waals surface area contributed by atoms with Crippen LogP contribution in [-0.2, 0) is 9.59 Å². The van der Waals surface area contributed by atoms with Crippen molar-refractivity contribution in [2.24, 2.45) is 0 Å². The quantitative estimate of drug-likeness (QED) is 0.512. The minimum Gasteiger partial charge on any atom is -0.354 e. The van der Waals surface area contributed by atoms with Crippen molar-refractivity contribution in [2.45, 2.75) is 64.3 Å². The zero-order chi connectivity index (χ0) is 18.3. The summed E-state index contributed by atoms with van der Waals surface area (Å²) < 4.78 is 0. The van der Waals surface area contributed by atoms with Gasteiger partial charge in [0.05, 0.1) is 0 Å². The summed E-state index contributed by atoms with van der Waals surface area (Å²) in [6.45, 7) is 7.39. The maximum Gasteiger partial charge on any atom is 0.325 e. The Morgan fingerprint density at radius 2 is 1.76 bits per heavy atom. The molecule has 2 aliphatic heterocycles. The van der Waals surface area contributed by atoms with Gasteiger partial charge in [0.1, 0.15) is 12.1 Å². The first kappa shape index (κ1) is 19.7. The lowest BCUT2D eigenvalue weighted by Gasteiger charge is -2.23. The molecule has 0 aromatic rings. The van der Waals surface area contributed by atoms with E-state index >= 15 is 0 Å². The van der Waals surface area contributed by atoms with Crippen LogP contribution in [0.4, 0.5) is 4.79 Å². The lowest BCUT2D eigenvalue weighted by molar-refractivity contribution is -0.135. The molecule has 2 heterocycles. The van der Waals surface area contributed by atoms with Gasteiger partial charge >= 0.3 is 6.03 Å². The molecule has 0 saturated carbocycles. The van der Waals surface area contributed by atoms with Crippen LogP contribution >= 0.6 is 0 Å². The smallest absolute Gasteiger partial charge is 0.325 e. The standard InChI is InChI=1S/C18H32N4O3/c1-3-18(4-2)16(24)22(17(25)20-18)14-15(23)19-10-9-13-21-11-7-5-6-8-12-21/h3-14H2,1-2H3,(H,19,23)(H,20,25). The topological polar surface area (TPSA) is 81.8 Å². The van der Waals surface area contributed by atoms with Gasteiger partial charge in [0.25, 0.3) is 5.91 Å². The molecule has 0 atom stereocenters. The second kappa shape index (κ2) is 9.17. The molecule has 2 saturated heterocycles. The van der Waals surface area contributed by atoms with E-state index in [9.17, 15) is 14.4 Å². The second-order valence-electron chi connectivity index (χ2n) is 7.07. The molecule has 0 bridgehead atoms. The fourth-order valence-corrected chi connectivity index (χ4v) is 3.64. The summed E-state index contributed by atoms with van der Waals surface area (Å²) in [5, 5.41) is 5.57. The van der Waals surface area contributed by atoms with Crippen molar-refractivity contribution in [1.82, 2.24) is 20.4 Å². The number of imide groups is 1. The molecule has 7 nitrogen and oxygen atoms in total. The number of amides is 4. The van der Waals surface area contributed by atoms with E-state index in [1.807, 2.05) is 13.8 Å². The highest BCUT2D eigenvalue weighted by Gasteiger charge is 2.49. The third-order valence-corrected chi connectivity index (χ3v) is 5.43. The number of carbonyl (C=O) groups excluding carboxylic acids is 3. The van der Waals surface area contributed by atoms with Crippen LogP contribution in [0.3, 0.4) is 0 Å². The van der Waals surface area contributed by atoms with Crippen LogP contribution in [-0.4, -0.2) is 65.9 Å². The molecule has 0 aromatic heterocycles. The molecule has 2 rings (SSSR count). The zero-order valence-electron chi connectivity index (χ0n) is 15.6. The molecule has 7 heteroatoms. The minimum absolute atomic E-state index is 0.198. The van der Waals surface area contributed by atoms with Gasteiger partial charge in [-0.05, 0) is 51.7 Å². The van der Waals surface area contributed by atoms with Gasteiger partial charge in [0, 0.05) is 6.54 Å². The van der Waals surface area contributed by atoms with Gasteiger partial charge in [-0.2, -0.15) is 0 Å². The highest BCUT2D eigenvalue weighted by Crippen LogP contribution is 2.24. The van der Waals surface area contributed by atoms with E-state index in [-0.39, 0.29) is 18.4 Å². The van der Waals surface area contributed by atoms with Gasteiger partial charge in [-0.1, -0.05) is 26.7 Å². The largest absolute Gasteiger partial charge is 0.354 e. The van der Waals surface area contributed by atoms with Gasteiger partial charge in [0.15, 0.2) is 0 Å². The van der Waals surface area contributed by atoms with Crippen LogP contribution in [0, 0.1) is 0 Å². The molecular formula is C18H32N4O3. The summed E-state index contributed by atoms with van der Waals surface area (Å²) >= 11 is 0. The van der Waals surface area contributed by atoms with Gasteiger partial charge < -0.3 is 15.5 Å². The molecule has 0 radical (unpaired) electrons. The third kappa shape index (κ3) is 4.93. The van der Waals surface area contributed by atoms with Crippen molar-refractivity contribution >= 4 is 17.8 Å². The number of urea groups is 1. The van der Waals surface area contributed by atoms with E-state index in [1.165, 1.54) is 25.7 Å². The van der Waals surface area contributed by atoms with E-state index in [2.05, 4.69) is 15.5 Å². The van der Waals surface area contributed by atoms with E-state index in [0.717, 1.165) is 31.0 Å². The predicted molar refractivity (Wildman–Crippen MR) is 96.1 cm³/mol. The predicted octanol–water partition coefficient (Wildman–Crippen LogP) is 1.48. The fourth-order valence-electron chi connectivity index (χ4n) is 3.64. The van der Waals surface area contributed by atoms with Crippen LogP contribution < -0.4 is 10.6 Å². The summed E-state index contributed by atoms with van der Waals surface area (Å²) in [6.07, 6.45) is 7.10. The van der Waals surface area contributed by atoms with Crippen LogP contribution in [0.5, 0.6) is 0 Å². The van der Waals surface area contributed by atoms with Crippen molar-refractivity contribution < 1.29 is 14.4 Å². The van der Waals surface area contributed by atoms with Crippen molar-refractivity contribution in [3.05, 3.63) is 0 Å². The number of carbonyl (C=O) groups is 3. The Bertz CT molecular complexity index is 483. The van der Waals surface area contributed by atoms with Crippen molar-refractivity contribution in [3.63, 3.8) is 0 Å². The second-order valence-corrected chi connectivity index (χ2v) is 7.07. The van der Waals surface area contributed by atoms with Crippen molar-refractivity contribution in [1.29, 1.82) is 0 Å². The lowest BCUT2D eigenvalue weighted by atomic mass is 9.93. The van der Waals surface area contributed by atoms with Crippen LogP contribution in [0.1, 0.15) is 58.8 Å². The molecule has 4 amide bonds. The highest BCUT2D eigenvalue weighted by atomic mass is 16.2. The summed E-state index contributed by atoms with van der Waals surface area (Å²) in [7, 11) is 0. The summed E-state index contributed by atoms with van der Waals surface area (Å²) in [6, 6.07) is -0.464. The van der Waals surface area contributed by atoms with Crippen molar-refractivity contribution in [2.75, 3.05) is 32.7 Å². The first-order chi connectivity index (χ1) is 12.0. The average molecular weight is 352 g/mol. The normalized spacial score (nSPS) is 21.1. The Morgan fingerprint density at radius 1 is 1.12 bits per heavy atom. The number of hydrogen-bond donors (Lipinski definition) is 2. The molecule has 0 aromatic carbocycles. The fraction of sp³-hybridized carbons (Fsp3) is 0.833. The van der Waals surface area contributed by atoms with Gasteiger partial charge in [0.2, 0.25) is 5.91 Å². The number of nitrogens with one attached hydrogen (secondary N) is 2. The monoisotopic (exact) mass is 352 g/mol. The first-order valence-electron chi connectivity index (χ1n) is 9.65. The number of hydrogen-bond acceptors (Lipinski definition) is 4. The number of rotatable bonds is 8. The minimum atomic E-state index is -0.843. The molecular weight excluding hydrogens is 320 g/mol. The van der Waals surface area contributed by atoms with Crippen LogP contribution in [0.15, 0.2) is 0 Å². The molecule has 0 unspecified atom stereocenters. The van der Waals surface area contributed by atoms with Crippen molar-refractivity contribution in [3.8, 4) is 0 Å². The van der Waals surface area contributed by atoms with E-state index < -0.39 is 11.6 Å². The Morgan fingerprint density at radius 3 is 2.32 bits per heavy atom. The average Bonchev–Trinajstić information content (AvgIpc) is 2.80. The zero-order valence-corrected chi connectivity index (χ0v) is 15.6. The Balaban J connectivity index is 1.71. The summed E-state index contributed by atoms with van der Waals surface area (Å²) in [5.41, 5.74) is -0.843. The number of nitrogens with zero attached hydrogens (tertiary/aromatic N) is 2. The molecule has 0 aliphatic carbocycles. The first-order valence-corrected chi connectivity index (χ1v) is 9.65. The Labute approximate surface area is 150 Å². The van der Waals surface area contributed by atoms with Gasteiger partial charge in [-0.15, -0.1) is 0 Å². The molecule has 0 spiro atoms. The Kier molecular flexibility index (Phi) is 7.23. The third-order valence-electron chi connectivity index (χ3n) is 5.43. The van der Waals surface area contributed by atoms with E-state index in [4.69, 9.17) is 0 Å². The molecule has 2 N–H and O–H groups in total. The lowest BCUT2D eigenvalue weighted by Crippen LogP contribution is -2.46. The van der Waals surface area contributed by atoms with E-state index in [1.54, 1.807) is 0 Å². The Hall–Kier alpha value is -1.63. The maximum atomic E-state index is 12.5. The molecule has 25 heavy (non-hydrogen) atoms. The highest BCUT2D eigenvalue weighted by molar-refractivity contribution is 6.08.